The molecule has 4 aromatic carbocycles. The summed E-state index contributed by atoms with van der Waals surface area (Å²) in [6.07, 6.45) is -0.986. The highest BCUT2D eigenvalue weighted by Crippen LogP contribution is 2.53. The van der Waals surface area contributed by atoms with Gasteiger partial charge in [0.25, 0.3) is 0 Å². The van der Waals surface area contributed by atoms with Crippen LogP contribution in [0.15, 0.2) is 97.1 Å². The van der Waals surface area contributed by atoms with Crippen LogP contribution in [0.2, 0.25) is 0 Å². The van der Waals surface area contributed by atoms with Crippen LogP contribution in [-0.2, 0) is 14.3 Å². The number of methoxy groups -OCH3 is 1. The van der Waals surface area contributed by atoms with Crippen molar-refractivity contribution in [2.75, 3.05) is 13.7 Å². The largest absolute Gasteiger partial charge is 0.479 e. The van der Waals surface area contributed by atoms with Crippen molar-refractivity contribution in [3.63, 3.8) is 0 Å². The number of imide groups is 1. The molecule has 0 bridgehead atoms. The molecule has 1 N–H and O–H groups in total. The first-order chi connectivity index (χ1) is 20.9. The molecule has 2 aliphatic carbocycles. The number of carbonyl (C=O) groups excluding carboxylic acids is 2. The lowest BCUT2D eigenvalue weighted by atomic mass is 9.73. The Morgan fingerprint density at radius 1 is 0.721 bits per heavy atom. The van der Waals surface area contributed by atoms with E-state index < -0.39 is 29.6 Å². The quantitative estimate of drug-likeness (QED) is 0.230. The average molecular weight is 576 g/mol. The van der Waals surface area contributed by atoms with E-state index in [0.29, 0.717) is 12.8 Å². The molecule has 0 aliphatic heterocycles. The highest BCUT2D eigenvalue weighted by Gasteiger charge is 2.59. The molecule has 0 heterocycles. The Morgan fingerprint density at radius 3 is 1.60 bits per heavy atom. The molecule has 0 spiro atoms. The second-order valence-electron chi connectivity index (χ2n) is 11.0. The van der Waals surface area contributed by atoms with Crippen molar-refractivity contribution in [3.8, 4) is 22.3 Å². The van der Waals surface area contributed by atoms with Crippen LogP contribution in [0.5, 0.6) is 0 Å². The molecule has 43 heavy (non-hydrogen) atoms. The molecule has 218 valence electrons. The van der Waals surface area contributed by atoms with Gasteiger partial charge in [0.2, 0.25) is 0 Å². The zero-order valence-corrected chi connectivity index (χ0v) is 24.2. The second kappa shape index (κ2) is 11.4. The Morgan fingerprint density at radius 2 is 1.16 bits per heavy atom. The fraction of sp³-hybridized carbons (Fsp3) is 0.250. The molecule has 2 aliphatic rings. The van der Waals surface area contributed by atoms with Crippen molar-refractivity contribution >= 4 is 18.2 Å². The summed E-state index contributed by atoms with van der Waals surface area (Å²) >= 11 is 0. The maximum absolute atomic E-state index is 14.2. The predicted octanol–water partition coefficient (Wildman–Crippen LogP) is 7.83. The van der Waals surface area contributed by atoms with Gasteiger partial charge in [0.05, 0.1) is 7.11 Å². The minimum absolute atomic E-state index is 0.0193. The van der Waals surface area contributed by atoms with Crippen LogP contribution in [0.4, 0.5) is 9.59 Å². The number of hydrogen-bond acceptors (Lipinski definition) is 5. The van der Waals surface area contributed by atoms with Crippen LogP contribution in [0.25, 0.3) is 22.3 Å². The van der Waals surface area contributed by atoms with E-state index in [4.69, 9.17) is 9.47 Å². The van der Waals surface area contributed by atoms with Crippen molar-refractivity contribution in [2.45, 2.75) is 43.6 Å². The fourth-order valence-electron chi connectivity index (χ4n) is 6.98. The molecular formula is C36H33NO6. The summed E-state index contributed by atoms with van der Waals surface area (Å²) in [4.78, 5) is 42.1. The van der Waals surface area contributed by atoms with Gasteiger partial charge in [-0.25, -0.2) is 14.4 Å². The molecule has 4 aromatic rings. The average Bonchev–Trinajstić information content (AvgIpc) is 3.54. The Kier molecular flexibility index (Phi) is 7.48. The van der Waals surface area contributed by atoms with Crippen molar-refractivity contribution in [2.24, 2.45) is 0 Å². The molecule has 2 amide bonds. The van der Waals surface area contributed by atoms with E-state index in [0.717, 1.165) is 56.5 Å². The lowest BCUT2D eigenvalue weighted by Gasteiger charge is -2.42. The highest BCUT2D eigenvalue weighted by molar-refractivity contribution is 5.98. The summed E-state index contributed by atoms with van der Waals surface area (Å²) in [5, 5.41) is 11.1. The number of benzene rings is 4. The van der Waals surface area contributed by atoms with Crippen molar-refractivity contribution in [3.05, 3.63) is 119 Å². The monoisotopic (exact) mass is 575 g/mol. The number of amides is 2. The molecule has 1 atom stereocenters. The number of carboxylic acids is 1. The molecule has 0 aromatic heterocycles. The number of unbranched alkanes of at least 4 members (excludes halogenated alkanes) is 1. The van der Waals surface area contributed by atoms with Crippen LogP contribution < -0.4 is 0 Å². The number of rotatable bonds is 8. The second-order valence-corrected chi connectivity index (χ2v) is 11.0. The number of carbonyl (C=O) groups is 3. The molecule has 0 unspecified atom stereocenters. The number of fused-ring (bicyclic) bond motifs is 6. The Bertz CT molecular complexity index is 1620. The molecule has 0 radical (unpaired) electrons. The maximum Gasteiger partial charge on any atom is 0.420 e. The van der Waals surface area contributed by atoms with Crippen LogP contribution >= 0.6 is 0 Å². The summed E-state index contributed by atoms with van der Waals surface area (Å²) in [6, 6.07) is 31.0. The Labute approximate surface area is 250 Å². The van der Waals surface area contributed by atoms with E-state index in [-0.39, 0.29) is 18.9 Å². The SMILES string of the molecule is CCCC[C@](C(=O)O)(C1c2ccccc2-c2ccccc21)N(C(=O)OC)C(=O)OCC1c2ccccc2-c2ccccc21. The summed E-state index contributed by atoms with van der Waals surface area (Å²) in [5.41, 5.74) is 5.37. The third kappa shape index (κ3) is 4.47. The first kappa shape index (κ1) is 28.2. The van der Waals surface area contributed by atoms with Gasteiger partial charge in [-0.15, -0.1) is 0 Å². The zero-order valence-electron chi connectivity index (χ0n) is 24.2. The van der Waals surface area contributed by atoms with Crippen LogP contribution in [0.3, 0.4) is 0 Å². The minimum Gasteiger partial charge on any atom is -0.479 e. The predicted molar refractivity (Wildman–Crippen MR) is 163 cm³/mol. The summed E-state index contributed by atoms with van der Waals surface area (Å²) < 4.78 is 11.0. The molecular weight excluding hydrogens is 542 g/mol. The van der Waals surface area contributed by atoms with E-state index in [9.17, 15) is 19.5 Å². The standard InChI is InChI=1S/C36H33NO6/c1-3-4-21-36(33(38)39,32-29-19-11-9-15-25(29)26-16-10-12-20-30(26)32)37(34(40)42-2)35(41)43-22-31-27-17-7-5-13-23(27)24-14-6-8-18-28(24)31/h5-20,31-32H,3-4,21-22H2,1-2H3,(H,38,39)/t36-/m1/s1. The fourth-order valence-corrected chi connectivity index (χ4v) is 6.98. The number of ether oxygens (including phenoxy) is 2. The normalized spacial score (nSPS) is 14.6. The van der Waals surface area contributed by atoms with Gasteiger partial charge >= 0.3 is 18.2 Å². The van der Waals surface area contributed by atoms with Crippen molar-refractivity contribution in [1.29, 1.82) is 0 Å². The van der Waals surface area contributed by atoms with Gasteiger partial charge in [-0.1, -0.05) is 117 Å². The Hall–Kier alpha value is -4.91. The first-order valence-electron chi connectivity index (χ1n) is 14.6. The van der Waals surface area contributed by atoms with Crippen LogP contribution in [0.1, 0.15) is 60.3 Å². The highest BCUT2D eigenvalue weighted by atomic mass is 16.6. The number of hydrogen-bond donors (Lipinski definition) is 1. The van der Waals surface area contributed by atoms with Gasteiger partial charge in [0.15, 0.2) is 5.54 Å². The third-order valence-electron chi connectivity index (χ3n) is 8.87. The van der Waals surface area contributed by atoms with Gasteiger partial charge in [0, 0.05) is 11.8 Å². The topological polar surface area (TPSA) is 93.1 Å². The van der Waals surface area contributed by atoms with Gasteiger partial charge in [0.1, 0.15) is 6.61 Å². The maximum atomic E-state index is 14.2. The smallest absolute Gasteiger partial charge is 0.420 e. The molecule has 0 fully saturated rings. The summed E-state index contributed by atoms with van der Waals surface area (Å²) in [6.45, 7) is 1.88. The lowest BCUT2D eigenvalue weighted by molar-refractivity contribution is -0.151. The van der Waals surface area contributed by atoms with Crippen LogP contribution in [0, 0.1) is 0 Å². The van der Waals surface area contributed by atoms with E-state index in [1.54, 1.807) is 0 Å². The summed E-state index contributed by atoms with van der Waals surface area (Å²) in [5.74, 6) is -2.39. The third-order valence-corrected chi connectivity index (χ3v) is 8.87. The molecule has 7 heteroatoms. The number of nitrogens with zero attached hydrogens (tertiary/aromatic N) is 1. The van der Waals surface area contributed by atoms with E-state index in [1.807, 2.05) is 104 Å². The van der Waals surface area contributed by atoms with E-state index >= 15 is 0 Å². The minimum atomic E-state index is -2.01. The first-order valence-corrected chi connectivity index (χ1v) is 14.6. The number of carboxylic acid groups (broad SMARTS) is 1. The van der Waals surface area contributed by atoms with Gasteiger partial charge in [-0.3, -0.25) is 0 Å². The lowest BCUT2D eigenvalue weighted by Crippen LogP contribution is -2.62. The van der Waals surface area contributed by atoms with Crippen molar-refractivity contribution < 1.29 is 29.0 Å². The van der Waals surface area contributed by atoms with Gasteiger partial charge in [-0.05, 0) is 50.9 Å². The molecule has 7 nitrogen and oxygen atoms in total. The molecule has 0 saturated heterocycles. The van der Waals surface area contributed by atoms with E-state index in [2.05, 4.69) is 0 Å². The summed E-state index contributed by atoms with van der Waals surface area (Å²) in [7, 11) is 1.15. The molecule has 6 rings (SSSR count). The number of aliphatic carboxylic acids is 1. The molecule has 0 saturated carbocycles. The van der Waals surface area contributed by atoms with Gasteiger partial charge < -0.3 is 14.6 Å². The Balaban J connectivity index is 1.44. The van der Waals surface area contributed by atoms with Gasteiger partial charge in [-0.2, -0.15) is 4.90 Å². The zero-order chi connectivity index (χ0) is 30.1. The van der Waals surface area contributed by atoms with Crippen LogP contribution in [-0.4, -0.2) is 47.4 Å². The van der Waals surface area contributed by atoms with E-state index in [1.165, 1.54) is 0 Å². The van der Waals surface area contributed by atoms with Crippen molar-refractivity contribution in [1.82, 2.24) is 4.90 Å².